The summed E-state index contributed by atoms with van der Waals surface area (Å²) in [6, 6.07) is 4.81. The topological polar surface area (TPSA) is 52.6 Å². The lowest BCUT2D eigenvalue weighted by Crippen LogP contribution is -2.51. The molecule has 4 nitrogen and oxygen atoms in total. The highest BCUT2D eigenvalue weighted by molar-refractivity contribution is 6.35. The van der Waals surface area contributed by atoms with Gasteiger partial charge in [0.25, 0.3) is 0 Å². The second-order valence-corrected chi connectivity index (χ2v) is 7.89. The number of piperidine rings is 1. The van der Waals surface area contributed by atoms with Gasteiger partial charge in [0.15, 0.2) is 0 Å². The largest absolute Gasteiger partial charge is 0.389 e. The van der Waals surface area contributed by atoms with E-state index in [1.54, 1.807) is 23.1 Å². The van der Waals surface area contributed by atoms with Crippen LogP contribution in [0.2, 0.25) is 10.0 Å². The molecule has 2 amide bonds. The molecule has 1 aliphatic heterocycles. The predicted molar refractivity (Wildman–Crippen MR) is 97.8 cm³/mol. The van der Waals surface area contributed by atoms with Crippen molar-refractivity contribution in [1.29, 1.82) is 0 Å². The molecule has 132 valence electrons. The van der Waals surface area contributed by atoms with Crippen molar-refractivity contribution in [1.82, 2.24) is 4.90 Å². The van der Waals surface area contributed by atoms with Crippen LogP contribution in [-0.2, 0) is 0 Å². The summed E-state index contributed by atoms with van der Waals surface area (Å²) >= 11 is 11.9. The van der Waals surface area contributed by atoms with E-state index in [4.69, 9.17) is 23.2 Å². The third kappa shape index (κ3) is 4.16. The van der Waals surface area contributed by atoms with Crippen LogP contribution in [0.5, 0.6) is 0 Å². The second-order valence-electron chi connectivity index (χ2n) is 7.01. The number of benzene rings is 1. The molecule has 0 aromatic heterocycles. The molecule has 3 rings (SSSR count). The van der Waals surface area contributed by atoms with Crippen LogP contribution in [0.15, 0.2) is 18.2 Å². The van der Waals surface area contributed by atoms with Crippen LogP contribution in [0.1, 0.15) is 44.9 Å². The summed E-state index contributed by atoms with van der Waals surface area (Å²) in [5, 5.41) is 14.8. The van der Waals surface area contributed by atoms with Crippen LogP contribution in [0, 0.1) is 5.92 Å². The van der Waals surface area contributed by atoms with Crippen molar-refractivity contribution in [3.8, 4) is 0 Å². The molecule has 0 spiro atoms. The maximum absolute atomic E-state index is 12.4. The zero-order valence-electron chi connectivity index (χ0n) is 13.7. The number of amides is 2. The third-order valence-corrected chi connectivity index (χ3v) is 5.83. The van der Waals surface area contributed by atoms with Gasteiger partial charge in [-0.2, -0.15) is 0 Å². The highest BCUT2D eigenvalue weighted by atomic mass is 35.5. The Balaban J connectivity index is 1.56. The number of rotatable bonds is 2. The van der Waals surface area contributed by atoms with Crippen LogP contribution in [0.25, 0.3) is 0 Å². The van der Waals surface area contributed by atoms with E-state index in [0.717, 1.165) is 12.8 Å². The smallest absolute Gasteiger partial charge is 0.321 e. The Kier molecular flexibility index (Phi) is 5.58. The van der Waals surface area contributed by atoms with Crippen molar-refractivity contribution < 1.29 is 9.90 Å². The Hall–Kier alpha value is -0.970. The SMILES string of the molecule is O=C(Nc1cc(Cl)cc(Cl)c1)N1CCC(O)(C2CCCCC2)CC1. The van der Waals surface area contributed by atoms with Crippen LogP contribution in [-0.4, -0.2) is 34.7 Å². The molecule has 1 aromatic carbocycles. The molecule has 2 N–H and O–H groups in total. The molecular weight excluding hydrogens is 347 g/mol. The molecule has 0 unspecified atom stereocenters. The van der Waals surface area contributed by atoms with Gasteiger partial charge in [0, 0.05) is 28.8 Å². The van der Waals surface area contributed by atoms with E-state index in [1.807, 2.05) is 0 Å². The van der Waals surface area contributed by atoms with E-state index in [-0.39, 0.29) is 6.03 Å². The van der Waals surface area contributed by atoms with Gasteiger partial charge in [0.05, 0.1) is 5.60 Å². The maximum Gasteiger partial charge on any atom is 0.321 e. The Morgan fingerprint density at radius 1 is 1.08 bits per heavy atom. The van der Waals surface area contributed by atoms with Crippen LogP contribution in [0.4, 0.5) is 10.5 Å². The average molecular weight is 371 g/mol. The number of nitrogens with zero attached hydrogens (tertiary/aromatic N) is 1. The Labute approximate surface area is 153 Å². The number of hydrogen-bond acceptors (Lipinski definition) is 2. The molecule has 0 atom stereocenters. The molecular formula is C18H24Cl2N2O2. The summed E-state index contributed by atoms with van der Waals surface area (Å²) in [6.07, 6.45) is 7.25. The van der Waals surface area contributed by atoms with Gasteiger partial charge in [-0.15, -0.1) is 0 Å². The minimum atomic E-state index is -0.601. The summed E-state index contributed by atoms with van der Waals surface area (Å²) in [7, 11) is 0. The second kappa shape index (κ2) is 7.51. The first kappa shape index (κ1) is 17.8. The lowest BCUT2D eigenvalue weighted by molar-refractivity contribution is -0.0702. The number of carbonyl (C=O) groups excluding carboxylic acids is 1. The zero-order chi connectivity index (χ0) is 17.2. The number of likely N-dealkylation sites (tertiary alicyclic amines) is 1. The summed E-state index contributed by atoms with van der Waals surface area (Å²) in [4.78, 5) is 14.2. The van der Waals surface area contributed by atoms with Crippen molar-refractivity contribution in [2.45, 2.75) is 50.5 Å². The first-order valence-corrected chi connectivity index (χ1v) is 9.46. The molecule has 24 heavy (non-hydrogen) atoms. The van der Waals surface area contributed by atoms with Crippen LogP contribution >= 0.6 is 23.2 Å². The van der Waals surface area contributed by atoms with Crippen LogP contribution < -0.4 is 5.32 Å². The molecule has 1 saturated heterocycles. The molecule has 1 saturated carbocycles. The standard InChI is InChI=1S/C18H24Cl2N2O2/c19-14-10-15(20)12-16(11-14)21-17(23)22-8-6-18(24,7-9-22)13-4-2-1-3-5-13/h10-13,24H,1-9H2,(H,21,23). The first-order chi connectivity index (χ1) is 11.5. The lowest BCUT2D eigenvalue weighted by atomic mass is 9.72. The van der Waals surface area contributed by atoms with Crippen molar-refractivity contribution in [2.75, 3.05) is 18.4 Å². The van der Waals surface area contributed by atoms with E-state index in [9.17, 15) is 9.90 Å². The van der Waals surface area contributed by atoms with Gasteiger partial charge >= 0.3 is 6.03 Å². The molecule has 2 aliphatic rings. The third-order valence-electron chi connectivity index (χ3n) is 5.40. The molecule has 0 bridgehead atoms. The van der Waals surface area contributed by atoms with Gasteiger partial charge in [0.1, 0.15) is 0 Å². The molecule has 1 aromatic rings. The number of carbonyl (C=O) groups is 1. The van der Waals surface area contributed by atoms with E-state index in [2.05, 4.69) is 5.32 Å². The molecule has 6 heteroatoms. The van der Waals surface area contributed by atoms with Gasteiger partial charge in [-0.05, 0) is 49.8 Å². The van der Waals surface area contributed by atoms with Gasteiger partial charge in [0.2, 0.25) is 0 Å². The average Bonchev–Trinajstić information content (AvgIpc) is 2.55. The van der Waals surface area contributed by atoms with Gasteiger partial charge in [-0.25, -0.2) is 4.79 Å². The highest BCUT2D eigenvalue weighted by Crippen LogP contribution is 2.39. The minimum Gasteiger partial charge on any atom is -0.389 e. The summed E-state index contributed by atoms with van der Waals surface area (Å²) in [5.74, 6) is 0.392. The number of anilines is 1. The van der Waals surface area contributed by atoms with Crippen molar-refractivity contribution in [2.24, 2.45) is 5.92 Å². The number of urea groups is 1. The molecule has 2 fully saturated rings. The molecule has 1 heterocycles. The Morgan fingerprint density at radius 2 is 1.67 bits per heavy atom. The minimum absolute atomic E-state index is 0.168. The number of aliphatic hydroxyl groups is 1. The predicted octanol–water partition coefficient (Wildman–Crippen LogP) is 4.93. The fourth-order valence-electron chi connectivity index (χ4n) is 3.97. The normalized spacial score (nSPS) is 21.5. The lowest BCUT2D eigenvalue weighted by Gasteiger charge is -2.44. The fraction of sp³-hybridized carbons (Fsp3) is 0.611. The fourth-order valence-corrected chi connectivity index (χ4v) is 4.50. The van der Waals surface area contributed by atoms with Gasteiger partial charge in [-0.1, -0.05) is 42.5 Å². The number of hydrogen-bond donors (Lipinski definition) is 2. The summed E-state index contributed by atoms with van der Waals surface area (Å²) in [5.41, 5.74) is -0.0121. The summed E-state index contributed by atoms with van der Waals surface area (Å²) < 4.78 is 0. The maximum atomic E-state index is 12.4. The van der Waals surface area contributed by atoms with E-state index in [0.29, 0.717) is 47.6 Å². The quantitative estimate of drug-likeness (QED) is 0.774. The zero-order valence-corrected chi connectivity index (χ0v) is 15.2. The van der Waals surface area contributed by atoms with Gasteiger partial charge < -0.3 is 15.3 Å². The van der Waals surface area contributed by atoms with E-state index >= 15 is 0 Å². The highest BCUT2D eigenvalue weighted by Gasteiger charge is 2.40. The Morgan fingerprint density at radius 3 is 2.25 bits per heavy atom. The van der Waals surface area contributed by atoms with E-state index in [1.165, 1.54) is 19.3 Å². The van der Waals surface area contributed by atoms with Crippen molar-refractivity contribution in [3.05, 3.63) is 28.2 Å². The summed E-state index contributed by atoms with van der Waals surface area (Å²) in [6.45, 7) is 1.15. The Bertz CT molecular complexity index is 574. The number of nitrogens with one attached hydrogen (secondary N) is 1. The van der Waals surface area contributed by atoms with Crippen molar-refractivity contribution in [3.63, 3.8) is 0 Å². The monoisotopic (exact) mass is 370 g/mol. The van der Waals surface area contributed by atoms with Crippen molar-refractivity contribution >= 4 is 34.9 Å². The van der Waals surface area contributed by atoms with Gasteiger partial charge in [-0.3, -0.25) is 0 Å². The van der Waals surface area contributed by atoms with E-state index < -0.39 is 5.60 Å². The number of halogens is 2. The first-order valence-electron chi connectivity index (χ1n) is 8.71. The van der Waals surface area contributed by atoms with Crippen LogP contribution in [0.3, 0.4) is 0 Å². The molecule has 1 aliphatic carbocycles. The molecule has 0 radical (unpaired) electrons.